The standard InChI is InChI=1S/C25H17ClFNO5S/c26-20-11-17(5-10-21(20)33-14-16-1-6-18(7-2-16)24(30)31)12-22-23(29)28(25(32)34-22)13-15-3-8-19(27)9-4-15/h1-12H,13-14H2,(H,30,31)/p-1/b22-12-. The number of ether oxygens (including phenoxy) is 1. The topological polar surface area (TPSA) is 86.7 Å². The van der Waals surface area contributed by atoms with Crippen LogP contribution < -0.4 is 9.84 Å². The van der Waals surface area contributed by atoms with Crippen molar-refractivity contribution in [2.45, 2.75) is 13.2 Å². The zero-order chi connectivity index (χ0) is 24.2. The van der Waals surface area contributed by atoms with Crippen LogP contribution in [0.5, 0.6) is 5.75 Å². The van der Waals surface area contributed by atoms with E-state index in [4.69, 9.17) is 16.3 Å². The highest BCUT2D eigenvalue weighted by Gasteiger charge is 2.35. The number of benzene rings is 3. The number of hydrogen-bond acceptors (Lipinski definition) is 6. The molecule has 3 aromatic rings. The number of carboxylic acid groups (broad SMARTS) is 1. The van der Waals surface area contributed by atoms with Gasteiger partial charge < -0.3 is 14.6 Å². The second-order valence-electron chi connectivity index (χ2n) is 7.36. The first-order chi connectivity index (χ1) is 16.3. The van der Waals surface area contributed by atoms with Gasteiger partial charge in [0.1, 0.15) is 18.2 Å². The monoisotopic (exact) mass is 496 g/mol. The Bertz CT molecular complexity index is 1290. The van der Waals surface area contributed by atoms with Crippen LogP contribution >= 0.6 is 23.4 Å². The molecule has 6 nitrogen and oxygen atoms in total. The van der Waals surface area contributed by atoms with Crippen molar-refractivity contribution in [1.82, 2.24) is 4.90 Å². The van der Waals surface area contributed by atoms with Crippen LogP contribution in [0.15, 0.2) is 71.6 Å². The number of thioether (sulfide) groups is 1. The van der Waals surface area contributed by atoms with E-state index < -0.39 is 22.9 Å². The van der Waals surface area contributed by atoms with E-state index in [0.29, 0.717) is 21.9 Å². The maximum atomic E-state index is 13.1. The van der Waals surface area contributed by atoms with Crippen LogP contribution in [0.1, 0.15) is 27.0 Å². The Morgan fingerprint density at radius 1 is 1.03 bits per heavy atom. The van der Waals surface area contributed by atoms with Crippen molar-refractivity contribution in [2.75, 3.05) is 0 Å². The van der Waals surface area contributed by atoms with Gasteiger partial charge >= 0.3 is 0 Å². The summed E-state index contributed by atoms with van der Waals surface area (Å²) in [6.07, 6.45) is 1.57. The van der Waals surface area contributed by atoms with Crippen LogP contribution in [-0.4, -0.2) is 22.0 Å². The number of nitrogens with zero attached hydrogens (tertiary/aromatic N) is 1. The molecule has 0 N–H and O–H groups in total. The third-order valence-corrected chi connectivity index (χ3v) is 6.17. The minimum absolute atomic E-state index is 0.0553. The molecule has 0 aliphatic carbocycles. The quantitative estimate of drug-likeness (QED) is 0.442. The normalized spacial score (nSPS) is 14.6. The van der Waals surface area contributed by atoms with E-state index in [9.17, 15) is 23.9 Å². The number of rotatable bonds is 7. The minimum Gasteiger partial charge on any atom is -0.545 e. The maximum absolute atomic E-state index is 13.1. The minimum atomic E-state index is -1.25. The molecular weight excluding hydrogens is 481 g/mol. The molecule has 34 heavy (non-hydrogen) atoms. The fourth-order valence-electron chi connectivity index (χ4n) is 3.18. The Kier molecular flexibility index (Phi) is 7.00. The van der Waals surface area contributed by atoms with Crippen molar-refractivity contribution in [2.24, 2.45) is 0 Å². The van der Waals surface area contributed by atoms with E-state index in [0.717, 1.165) is 22.2 Å². The molecule has 1 saturated heterocycles. The number of hydrogen-bond donors (Lipinski definition) is 0. The summed E-state index contributed by atoms with van der Waals surface area (Å²) in [5, 5.41) is 10.7. The lowest BCUT2D eigenvalue weighted by molar-refractivity contribution is -0.255. The first-order valence-electron chi connectivity index (χ1n) is 10.0. The van der Waals surface area contributed by atoms with Gasteiger partial charge in [-0.1, -0.05) is 54.1 Å². The van der Waals surface area contributed by atoms with E-state index in [2.05, 4.69) is 0 Å². The van der Waals surface area contributed by atoms with Crippen LogP contribution in [0.4, 0.5) is 9.18 Å². The lowest BCUT2D eigenvalue weighted by atomic mass is 10.1. The summed E-state index contributed by atoms with van der Waals surface area (Å²) in [7, 11) is 0. The van der Waals surface area contributed by atoms with Gasteiger partial charge in [-0.05, 0) is 64.4 Å². The smallest absolute Gasteiger partial charge is 0.293 e. The molecule has 0 radical (unpaired) electrons. The molecule has 172 valence electrons. The van der Waals surface area contributed by atoms with Gasteiger partial charge in [0, 0.05) is 0 Å². The molecular formula is C25H16ClFNO5S-. The van der Waals surface area contributed by atoms with Crippen LogP contribution in [-0.2, 0) is 17.9 Å². The van der Waals surface area contributed by atoms with E-state index in [1.165, 1.54) is 36.4 Å². The summed E-state index contributed by atoms with van der Waals surface area (Å²) in [4.78, 5) is 37.2. The van der Waals surface area contributed by atoms with Crippen LogP contribution in [0.2, 0.25) is 5.02 Å². The van der Waals surface area contributed by atoms with Crippen molar-refractivity contribution in [3.05, 3.63) is 105 Å². The summed E-state index contributed by atoms with van der Waals surface area (Å²) < 4.78 is 18.8. The fourth-order valence-corrected chi connectivity index (χ4v) is 4.26. The average Bonchev–Trinajstić information content (AvgIpc) is 3.07. The number of carboxylic acids is 1. The predicted octanol–water partition coefficient (Wildman–Crippen LogP) is 4.66. The molecule has 3 aromatic carbocycles. The van der Waals surface area contributed by atoms with Gasteiger partial charge in [0.25, 0.3) is 11.1 Å². The third kappa shape index (κ3) is 5.47. The zero-order valence-electron chi connectivity index (χ0n) is 17.5. The van der Waals surface area contributed by atoms with E-state index in [1.807, 2.05) is 0 Å². The van der Waals surface area contributed by atoms with Crippen molar-refractivity contribution in [3.63, 3.8) is 0 Å². The van der Waals surface area contributed by atoms with Gasteiger partial charge in [-0.15, -0.1) is 0 Å². The van der Waals surface area contributed by atoms with Gasteiger partial charge in [-0.3, -0.25) is 14.5 Å². The summed E-state index contributed by atoms with van der Waals surface area (Å²) in [6, 6.07) is 16.7. The van der Waals surface area contributed by atoms with Crippen LogP contribution in [0, 0.1) is 5.82 Å². The number of carbonyl (C=O) groups is 3. The molecule has 0 saturated carbocycles. The van der Waals surface area contributed by atoms with Crippen LogP contribution in [0.3, 0.4) is 0 Å². The highest BCUT2D eigenvalue weighted by atomic mass is 35.5. The Morgan fingerprint density at radius 2 is 1.71 bits per heavy atom. The van der Waals surface area contributed by atoms with E-state index >= 15 is 0 Å². The zero-order valence-corrected chi connectivity index (χ0v) is 19.1. The van der Waals surface area contributed by atoms with E-state index in [-0.39, 0.29) is 23.6 Å². The molecule has 0 aromatic heterocycles. The molecule has 4 rings (SSSR count). The fraction of sp³-hybridized carbons (Fsp3) is 0.0800. The predicted molar refractivity (Wildman–Crippen MR) is 124 cm³/mol. The van der Waals surface area contributed by atoms with Crippen molar-refractivity contribution < 1.29 is 28.6 Å². The number of amides is 2. The molecule has 0 atom stereocenters. The molecule has 1 heterocycles. The molecule has 2 amide bonds. The third-order valence-electron chi connectivity index (χ3n) is 4.97. The van der Waals surface area contributed by atoms with E-state index in [1.54, 1.807) is 36.4 Å². The van der Waals surface area contributed by atoms with Gasteiger partial charge in [-0.25, -0.2) is 4.39 Å². The molecule has 0 unspecified atom stereocenters. The second-order valence-corrected chi connectivity index (χ2v) is 8.76. The summed E-state index contributed by atoms with van der Waals surface area (Å²) in [5.41, 5.74) is 2.08. The Hall–Kier alpha value is -3.62. The lowest BCUT2D eigenvalue weighted by Gasteiger charge is -2.12. The summed E-state index contributed by atoms with van der Waals surface area (Å²) in [5.74, 6) is -1.67. The Balaban J connectivity index is 1.42. The second kappa shape index (κ2) is 10.1. The Labute approximate surface area is 203 Å². The number of aromatic carboxylic acids is 1. The summed E-state index contributed by atoms with van der Waals surface area (Å²) >= 11 is 7.15. The first kappa shape index (κ1) is 23.5. The van der Waals surface area contributed by atoms with Gasteiger partial charge in [-0.2, -0.15) is 0 Å². The van der Waals surface area contributed by atoms with Crippen LogP contribution in [0.25, 0.3) is 6.08 Å². The number of halogens is 2. The molecule has 1 aliphatic heterocycles. The van der Waals surface area contributed by atoms with Gasteiger partial charge in [0.05, 0.1) is 22.4 Å². The SMILES string of the molecule is O=C([O-])c1ccc(COc2ccc(/C=C3\SC(=O)N(Cc4ccc(F)cc4)C3=O)cc2Cl)cc1. The van der Waals surface area contributed by atoms with Gasteiger partial charge in [0.2, 0.25) is 0 Å². The Morgan fingerprint density at radius 3 is 2.35 bits per heavy atom. The lowest BCUT2D eigenvalue weighted by Crippen LogP contribution is -2.27. The first-order valence-corrected chi connectivity index (χ1v) is 11.2. The highest BCUT2D eigenvalue weighted by Crippen LogP contribution is 2.34. The molecule has 1 aliphatic rings. The van der Waals surface area contributed by atoms with Crippen molar-refractivity contribution in [1.29, 1.82) is 0 Å². The number of imide groups is 1. The molecule has 0 spiro atoms. The molecule has 0 bridgehead atoms. The molecule has 9 heteroatoms. The number of carbonyl (C=O) groups excluding carboxylic acids is 3. The van der Waals surface area contributed by atoms with Crippen molar-refractivity contribution >= 4 is 46.6 Å². The largest absolute Gasteiger partial charge is 0.545 e. The average molecular weight is 497 g/mol. The molecule has 1 fully saturated rings. The van der Waals surface area contributed by atoms with Crippen molar-refractivity contribution in [3.8, 4) is 5.75 Å². The highest BCUT2D eigenvalue weighted by molar-refractivity contribution is 8.18. The maximum Gasteiger partial charge on any atom is 0.293 e. The van der Waals surface area contributed by atoms with Gasteiger partial charge in [0.15, 0.2) is 0 Å². The summed E-state index contributed by atoms with van der Waals surface area (Å²) in [6.45, 7) is 0.231.